The summed E-state index contributed by atoms with van der Waals surface area (Å²) in [6, 6.07) is 5.74. The largest absolute Gasteiger partial charge is 0.486 e. The van der Waals surface area contributed by atoms with Crippen molar-refractivity contribution in [2.24, 2.45) is 0 Å². The Bertz CT molecular complexity index is 556. The molecule has 0 bridgehead atoms. The van der Waals surface area contributed by atoms with Gasteiger partial charge in [-0.25, -0.2) is 0 Å². The van der Waals surface area contributed by atoms with Gasteiger partial charge in [-0.15, -0.1) is 0 Å². The van der Waals surface area contributed by atoms with Crippen LogP contribution in [0.2, 0.25) is 0 Å². The highest BCUT2D eigenvalue weighted by atomic mass is 16.6. The second-order valence-corrected chi connectivity index (χ2v) is 6.02. The lowest BCUT2D eigenvalue weighted by Crippen LogP contribution is -2.50. The first-order valence-corrected chi connectivity index (χ1v) is 8.20. The highest BCUT2D eigenvalue weighted by molar-refractivity contribution is 5.83. The number of ether oxygens (including phenoxy) is 2. The number of carbonyl (C=O) groups excluding carboxylic acids is 1. The first-order valence-electron chi connectivity index (χ1n) is 8.20. The molecule has 0 aromatic heterocycles. The monoisotopic (exact) mass is 320 g/mol. The summed E-state index contributed by atoms with van der Waals surface area (Å²) in [5.41, 5.74) is 0.956. The molecule has 1 aromatic rings. The number of rotatable bonds is 4. The van der Waals surface area contributed by atoms with Crippen molar-refractivity contribution in [3.05, 3.63) is 23.8 Å². The highest BCUT2D eigenvalue weighted by Gasteiger charge is 2.26. The topological polar surface area (TPSA) is 62.2 Å². The maximum Gasteiger partial charge on any atom is 0.229 e. The summed E-state index contributed by atoms with van der Waals surface area (Å²) < 4.78 is 11.1. The molecule has 0 saturated carbocycles. The molecule has 2 aliphatic rings. The maximum atomic E-state index is 12.7. The van der Waals surface area contributed by atoms with Gasteiger partial charge in [0.25, 0.3) is 0 Å². The van der Waals surface area contributed by atoms with Crippen LogP contribution in [0.15, 0.2) is 18.2 Å². The third-order valence-corrected chi connectivity index (χ3v) is 4.54. The SMILES string of the molecule is C[C@H](C(=O)N1CCN(CCO)CC1)c1ccc2c(c1)OCCO2. The first kappa shape index (κ1) is 16.1. The molecule has 0 spiro atoms. The molecule has 126 valence electrons. The predicted octanol–water partition coefficient (Wildman–Crippen LogP) is 0.698. The van der Waals surface area contributed by atoms with Crippen molar-refractivity contribution in [2.45, 2.75) is 12.8 Å². The van der Waals surface area contributed by atoms with E-state index >= 15 is 0 Å². The summed E-state index contributed by atoms with van der Waals surface area (Å²) in [6.07, 6.45) is 0. The number of hydrogen-bond acceptors (Lipinski definition) is 5. The number of benzene rings is 1. The van der Waals surface area contributed by atoms with Gasteiger partial charge >= 0.3 is 0 Å². The Morgan fingerprint density at radius 3 is 2.57 bits per heavy atom. The molecule has 0 radical (unpaired) electrons. The lowest BCUT2D eigenvalue weighted by molar-refractivity contribution is -0.134. The van der Waals surface area contributed by atoms with E-state index in [9.17, 15) is 4.79 Å². The lowest BCUT2D eigenvalue weighted by atomic mass is 9.98. The molecular weight excluding hydrogens is 296 g/mol. The van der Waals surface area contributed by atoms with Crippen molar-refractivity contribution in [3.8, 4) is 11.5 Å². The van der Waals surface area contributed by atoms with Crippen LogP contribution < -0.4 is 9.47 Å². The predicted molar refractivity (Wildman–Crippen MR) is 86.0 cm³/mol. The van der Waals surface area contributed by atoms with E-state index in [0.29, 0.717) is 32.8 Å². The number of piperazine rings is 1. The summed E-state index contributed by atoms with van der Waals surface area (Å²) in [6.45, 7) is 6.97. The Morgan fingerprint density at radius 1 is 1.17 bits per heavy atom. The molecular formula is C17H24N2O4. The number of amides is 1. The molecule has 0 aliphatic carbocycles. The first-order chi connectivity index (χ1) is 11.2. The van der Waals surface area contributed by atoms with Gasteiger partial charge in [0.2, 0.25) is 5.91 Å². The van der Waals surface area contributed by atoms with E-state index in [1.54, 1.807) is 0 Å². The Kier molecular flexibility index (Phi) is 5.03. The van der Waals surface area contributed by atoms with Crippen molar-refractivity contribution in [1.82, 2.24) is 9.80 Å². The standard InChI is InChI=1S/C17H24N2O4/c1-13(14-2-3-15-16(12-14)23-11-10-22-15)17(21)19-6-4-18(5-7-19)8-9-20/h2-3,12-13,20H,4-11H2,1H3/t13-/m0/s1. The third kappa shape index (κ3) is 3.59. The van der Waals surface area contributed by atoms with Crippen LogP contribution in [-0.4, -0.2) is 73.4 Å². The molecule has 1 N–H and O–H groups in total. The smallest absolute Gasteiger partial charge is 0.229 e. The minimum Gasteiger partial charge on any atom is -0.486 e. The Labute approximate surface area is 136 Å². The quantitative estimate of drug-likeness (QED) is 0.885. The van der Waals surface area contributed by atoms with Gasteiger partial charge < -0.3 is 19.5 Å². The van der Waals surface area contributed by atoms with Gasteiger partial charge in [0.15, 0.2) is 11.5 Å². The van der Waals surface area contributed by atoms with Crippen LogP contribution in [-0.2, 0) is 4.79 Å². The average molecular weight is 320 g/mol. The van der Waals surface area contributed by atoms with Crippen molar-refractivity contribution in [3.63, 3.8) is 0 Å². The van der Waals surface area contributed by atoms with E-state index in [-0.39, 0.29) is 18.4 Å². The second kappa shape index (κ2) is 7.19. The lowest BCUT2D eigenvalue weighted by Gasteiger charge is -2.35. The van der Waals surface area contributed by atoms with Gasteiger partial charge in [-0.05, 0) is 24.6 Å². The van der Waals surface area contributed by atoms with Crippen molar-refractivity contribution < 1.29 is 19.4 Å². The molecule has 6 nitrogen and oxygen atoms in total. The van der Waals surface area contributed by atoms with E-state index in [4.69, 9.17) is 14.6 Å². The average Bonchev–Trinajstić information content (AvgIpc) is 2.61. The Balaban J connectivity index is 1.63. The van der Waals surface area contributed by atoms with Gasteiger partial charge in [0.05, 0.1) is 12.5 Å². The number of fused-ring (bicyclic) bond motifs is 1. The normalized spacial score (nSPS) is 19.5. The summed E-state index contributed by atoms with van der Waals surface area (Å²) in [4.78, 5) is 16.8. The molecule has 1 fully saturated rings. The van der Waals surface area contributed by atoms with Crippen LogP contribution in [0.3, 0.4) is 0 Å². The minimum absolute atomic E-state index is 0.144. The maximum absolute atomic E-state index is 12.7. The number of nitrogens with zero attached hydrogens (tertiary/aromatic N) is 2. The van der Waals surface area contributed by atoms with Gasteiger partial charge in [-0.2, -0.15) is 0 Å². The van der Waals surface area contributed by atoms with Gasteiger partial charge in [-0.1, -0.05) is 6.07 Å². The Morgan fingerprint density at radius 2 is 1.87 bits per heavy atom. The van der Waals surface area contributed by atoms with Gasteiger partial charge in [0.1, 0.15) is 13.2 Å². The molecule has 0 unspecified atom stereocenters. The summed E-state index contributed by atoms with van der Waals surface area (Å²) in [5.74, 6) is 1.42. The molecule has 1 amide bonds. The molecule has 6 heteroatoms. The van der Waals surface area contributed by atoms with E-state index in [0.717, 1.165) is 30.2 Å². The zero-order valence-electron chi connectivity index (χ0n) is 13.5. The van der Waals surface area contributed by atoms with Crippen LogP contribution in [0.1, 0.15) is 18.4 Å². The van der Waals surface area contributed by atoms with E-state index in [1.807, 2.05) is 30.0 Å². The zero-order chi connectivity index (χ0) is 16.2. The number of hydrogen-bond donors (Lipinski definition) is 1. The summed E-state index contributed by atoms with van der Waals surface area (Å²) >= 11 is 0. The fraction of sp³-hybridized carbons (Fsp3) is 0.588. The Hall–Kier alpha value is -1.79. The molecule has 1 saturated heterocycles. The van der Waals surface area contributed by atoms with Crippen LogP contribution in [0.25, 0.3) is 0 Å². The minimum atomic E-state index is -0.199. The van der Waals surface area contributed by atoms with Gasteiger partial charge in [0, 0.05) is 32.7 Å². The van der Waals surface area contributed by atoms with Crippen molar-refractivity contribution in [1.29, 1.82) is 0 Å². The van der Waals surface area contributed by atoms with E-state index in [2.05, 4.69) is 4.90 Å². The molecule has 2 aliphatic heterocycles. The van der Waals surface area contributed by atoms with Crippen molar-refractivity contribution in [2.75, 3.05) is 52.5 Å². The summed E-state index contributed by atoms with van der Waals surface area (Å²) in [5, 5.41) is 8.98. The molecule has 1 atom stereocenters. The molecule has 3 rings (SSSR count). The van der Waals surface area contributed by atoms with Crippen LogP contribution in [0, 0.1) is 0 Å². The van der Waals surface area contributed by atoms with Crippen molar-refractivity contribution >= 4 is 5.91 Å². The van der Waals surface area contributed by atoms with Crippen LogP contribution in [0.5, 0.6) is 11.5 Å². The number of aliphatic hydroxyl groups is 1. The van der Waals surface area contributed by atoms with Crippen LogP contribution >= 0.6 is 0 Å². The third-order valence-electron chi connectivity index (χ3n) is 4.54. The summed E-state index contributed by atoms with van der Waals surface area (Å²) in [7, 11) is 0. The fourth-order valence-electron chi connectivity index (χ4n) is 3.08. The fourth-order valence-corrected chi connectivity index (χ4v) is 3.08. The number of carbonyl (C=O) groups is 1. The number of aliphatic hydroxyl groups excluding tert-OH is 1. The molecule has 23 heavy (non-hydrogen) atoms. The zero-order valence-corrected chi connectivity index (χ0v) is 13.5. The van der Waals surface area contributed by atoms with Gasteiger partial charge in [-0.3, -0.25) is 9.69 Å². The molecule has 2 heterocycles. The number of β-amino-alcohol motifs (C(OH)–C–C–N with tert-alkyl or cyclic N) is 1. The highest BCUT2D eigenvalue weighted by Crippen LogP contribution is 2.33. The second-order valence-electron chi connectivity index (χ2n) is 6.02. The van der Waals surface area contributed by atoms with Crippen LogP contribution in [0.4, 0.5) is 0 Å². The molecule has 1 aromatic carbocycles. The van der Waals surface area contributed by atoms with E-state index < -0.39 is 0 Å². The van der Waals surface area contributed by atoms with E-state index in [1.165, 1.54) is 0 Å².